The normalized spacial score (nSPS) is 18.7. The first-order valence-corrected chi connectivity index (χ1v) is 10.2. The van der Waals surface area contributed by atoms with Gasteiger partial charge in [-0.1, -0.05) is 17.7 Å². The summed E-state index contributed by atoms with van der Waals surface area (Å²) < 4.78 is 29.4. The largest absolute Gasteiger partial charge is 0.316 e. The summed E-state index contributed by atoms with van der Waals surface area (Å²) in [5.41, 5.74) is 2.50. The van der Waals surface area contributed by atoms with Crippen LogP contribution in [0.1, 0.15) is 23.7 Å². The van der Waals surface area contributed by atoms with E-state index >= 15 is 0 Å². The molecule has 4 rings (SSSR count). The van der Waals surface area contributed by atoms with Crippen LogP contribution in [0.25, 0.3) is 11.2 Å². The Labute approximate surface area is 157 Å². The van der Waals surface area contributed by atoms with Crippen molar-refractivity contribution in [2.24, 2.45) is 7.05 Å². The highest BCUT2D eigenvalue weighted by Crippen LogP contribution is 2.32. The molecule has 26 heavy (non-hydrogen) atoms. The molecule has 0 unspecified atom stereocenters. The second kappa shape index (κ2) is 6.33. The molecule has 1 aliphatic rings. The molecule has 0 spiro atoms. The maximum Gasteiger partial charge on any atom is 0.243 e. The smallest absolute Gasteiger partial charge is 0.243 e. The van der Waals surface area contributed by atoms with Crippen molar-refractivity contribution in [3.05, 3.63) is 52.9 Å². The maximum atomic E-state index is 13.0. The van der Waals surface area contributed by atoms with Gasteiger partial charge in [-0.2, -0.15) is 4.31 Å². The van der Waals surface area contributed by atoms with E-state index in [1.54, 1.807) is 18.3 Å². The number of aromatic nitrogens is 3. The quantitative estimate of drug-likeness (QED) is 0.689. The number of imidazole rings is 1. The Bertz CT molecular complexity index is 1090. The number of nitrogens with zero attached hydrogens (tertiary/aromatic N) is 4. The van der Waals surface area contributed by atoms with Crippen molar-refractivity contribution in [1.82, 2.24) is 18.8 Å². The minimum Gasteiger partial charge on any atom is -0.316 e. The molecule has 1 saturated heterocycles. The number of sulfonamides is 1. The molecule has 0 N–H and O–H groups in total. The van der Waals surface area contributed by atoms with Crippen molar-refractivity contribution in [3.63, 3.8) is 0 Å². The van der Waals surface area contributed by atoms with Crippen LogP contribution in [0.4, 0.5) is 0 Å². The fraction of sp³-hybridized carbons (Fsp3) is 0.333. The molecule has 1 aliphatic heterocycles. The van der Waals surface area contributed by atoms with E-state index in [4.69, 9.17) is 11.6 Å². The van der Waals surface area contributed by atoms with Crippen LogP contribution in [0.5, 0.6) is 0 Å². The lowest BCUT2D eigenvalue weighted by atomic mass is 10.1. The van der Waals surface area contributed by atoms with Crippen molar-refractivity contribution in [2.75, 3.05) is 13.1 Å². The second-order valence-corrected chi connectivity index (χ2v) is 8.98. The Morgan fingerprint density at radius 1 is 1.27 bits per heavy atom. The van der Waals surface area contributed by atoms with E-state index in [2.05, 4.69) is 9.97 Å². The van der Waals surface area contributed by atoms with Crippen molar-refractivity contribution < 1.29 is 8.42 Å². The summed E-state index contributed by atoms with van der Waals surface area (Å²) in [5.74, 6) is 0.920. The number of hydrogen-bond donors (Lipinski definition) is 0. The zero-order chi connectivity index (χ0) is 18.5. The van der Waals surface area contributed by atoms with E-state index in [1.807, 2.05) is 30.7 Å². The van der Waals surface area contributed by atoms with Crippen LogP contribution in [0.15, 0.2) is 41.4 Å². The Morgan fingerprint density at radius 2 is 2.08 bits per heavy atom. The predicted molar refractivity (Wildman–Crippen MR) is 101 cm³/mol. The topological polar surface area (TPSA) is 68.1 Å². The van der Waals surface area contributed by atoms with Crippen LogP contribution < -0.4 is 0 Å². The lowest BCUT2D eigenvalue weighted by Crippen LogP contribution is -2.29. The molecule has 3 heterocycles. The van der Waals surface area contributed by atoms with E-state index in [0.29, 0.717) is 18.1 Å². The van der Waals surface area contributed by atoms with Gasteiger partial charge in [0.1, 0.15) is 11.3 Å². The Morgan fingerprint density at radius 3 is 2.81 bits per heavy atom. The summed E-state index contributed by atoms with van der Waals surface area (Å²) in [6, 6.07) is 8.65. The number of fused-ring (bicyclic) bond motifs is 1. The van der Waals surface area contributed by atoms with Crippen LogP contribution in [-0.2, 0) is 17.1 Å². The minimum atomic E-state index is -3.57. The van der Waals surface area contributed by atoms with Crippen LogP contribution in [-0.4, -0.2) is 40.3 Å². The molecule has 8 heteroatoms. The van der Waals surface area contributed by atoms with Gasteiger partial charge < -0.3 is 4.57 Å². The number of rotatable bonds is 3. The van der Waals surface area contributed by atoms with Crippen LogP contribution >= 0.6 is 11.6 Å². The van der Waals surface area contributed by atoms with Gasteiger partial charge in [0, 0.05) is 37.3 Å². The lowest BCUT2D eigenvalue weighted by molar-refractivity contribution is 0.470. The molecule has 3 aromatic rings. The van der Waals surface area contributed by atoms with Crippen molar-refractivity contribution in [1.29, 1.82) is 0 Å². The van der Waals surface area contributed by atoms with E-state index < -0.39 is 10.0 Å². The lowest BCUT2D eigenvalue weighted by Gasteiger charge is -2.17. The standard InChI is InChI=1S/C18H19ClN4O2S/c1-12-5-6-14(10-15(12)19)26(24,25)23-9-7-13(11-23)17-21-16-4-3-8-20-18(16)22(17)2/h3-6,8,10,13H,7,9,11H2,1-2H3/t13-/m1/s1. The van der Waals surface area contributed by atoms with Crippen molar-refractivity contribution >= 4 is 32.8 Å². The second-order valence-electron chi connectivity index (χ2n) is 6.63. The van der Waals surface area contributed by atoms with E-state index in [-0.39, 0.29) is 10.8 Å². The molecule has 2 aromatic heterocycles. The predicted octanol–water partition coefficient (Wildman–Crippen LogP) is 3.11. The molecule has 0 saturated carbocycles. The average molecular weight is 391 g/mol. The Kier molecular flexibility index (Phi) is 4.25. The molecule has 1 aromatic carbocycles. The van der Waals surface area contributed by atoms with Gasteiger partial charge in [0.2, 0.25) is 10.0 Å². The van der Waals surface area contributed by atoms with Gasteiger partial charge in [0.15, 0.2) is 5.65 Å². The van der Waals surface area contributed by atoms with Crippen LogP contribution in [0, 0.1) is 6.92 Å². The number of aryl methyl sites for hydroxylation is 2. The molecule has 1 fully saturated rings. The third-order valence-electron chi connectivity index (χ3n) is 4.96. The van der Waals surface area contributed by atoms with Crippen LogP contribution in [0.3, 0.4) is 0 Å². The van der Waals surface area contributed by atoms with Gasteiger partial charge in [0.05, 0.1) is 4.90 Å². The number of hydrogen-bond acceptors (Lipinski definition) is 4. The third-order valence-corrected chi connectivity index (χ3v) is 7.23. The third kappa shape index (κ3) is 2.80. The molecular weight excluding hydrogens is 372 g/mol. The summed E-state index contributed by atoms with van der Waals surface area (Å²) in [4.78, 5) is 9.26. The molecule has 6 nitrogen and oxygen atoms in total. The van der Waals surface area contributed by atoms with Gasteiger partial charge in [0.25, 0.3) is 0 Å². The van der Waals surface area contributed by atoms with Crippen molar-refractivity contribution in [2.45, 2.75) is 24.2 Å². The molecule has 0 radical (unpaired) electrons. The SMILES string of the molecule is Cc1ccc(S(=O)(=O)N2CC[C@@H](c3nc4cccnc4n3C)C2)cc1Cl. The zero-order valence-electron chi connectivity index (χ0n) is 14.6. The van der Waals surface area contributed by atoms with Crippen LogP contribution in [0.2, 0.25) is 5.02 Å². The molecule has 1 atom stereocenters. The van der Waals surface area contributed by atoms with Crippen molar-refractivity contribution in [3.8, 4) is 0 Å². The molecule has 0 amide bonds. The van der Waals surface area contributed by atoms with Gasteiger partial charge in [-0.05, 0) is 43.2 Å². The highest BCUT2D eigenvalue weighted by molar-refractivity contribution is 7.89. The fourth-order valence-electron chi connectivity index (χ4n) is 3.45. The summed E-state index contributed by atoms with van der Waals surface area (Å²) in [6.07, 6.45) is 2.47. The summed E-state index contributed by atoms with van der Waals surface area (Å²) in [5, 5.41) is 0.461. The monoisotopic (exact) mass is 390 g/mol. The highest BCUT2D eigenvalue weighted by atomic mass is 35.5. The zero-order valence-corrected chi connectivity index (χ0v) is 16.1. The Balaban J connectivity index is 1.63. The average Bonchev–Trinajstić information content (AvgIpc) is 3.23. The van der Waals surface area contributed by atoms with E-state index in [9.17, 15) is 8.42 Å². The van der Waals surface area contributed by atoms with Gasteiger partial charge in [-0.3, -0.25) is 0 Å². The van der Waals surface area contributed by atoms with Gasteiger partial charge >= 0.3 is 0 Å². The first kappa shape index (κ1) is 17.5. The first-order chi connectivity index (χ1) is 12.4. The summed E-state index contributed by atoms with van der Waals surface area (Å²) in [6.45, 7) is 2.73. The number of halogens is 1. The highest BCUT2D eigenvalue weighted by Gasteiger charge is 2.35. The fourth-order valence-corrected chi connectivity index (χ4v) is 5.22. The molecule has 136 valence electrons. The maximum absolute atomic E-state index is 13.0. The molecule has 0 bridgehead atoms. The molecule has 0 aliphatic carbocycles. The number of benzene rings is 1. The summed E-state index contributed by atoms with van der Waals surface area (Å²) in [7, 11) is -1.64. The van der Waals surface area contributed by atoms with Gasteiger partial charge in [-0.25, -0.2) is 18.4 Å². The molecular formula is C18H19ClN4O2S. The van der Waals surface area contributed by atoms with E-state index in [0.717, 1.165) is 29.0 Å². The van der Waals surface area contributed by atoms with E-state index in [1.165, 1.54) is 10.4 Å². The Hall–Kier alpha value is -1.96. The summed E-state index contributed by atoms with van der Waals surface area (Å²) >= 11 is 6.11. The first-order valence-electron chi connectivity index (χ1n) is 8.41. The van der Waals surface area contributed by atoms with Gasteiger partial charge in [-0.15, -0.1) is 0 Å². The number of pyridine rings is 1. The minimum absolute atomic E-state index is 0.0462.